The fourth-order valence-corrected chi connectivity index (χ4v) is 2.94. The summed E-state index contributed by atoms with van der Waals surface area (Å²) in [7, 11) is 0. The summed E-state index contributed by atoms with van der Waals surface area (Å²) >= 11 is 0. The molecule has 0 radical (unpaired) electrons. The number of morpholine rings is 1. The van der Waals surface area contributed by atoms with E-state index in [0.717, 1.165) is 0 Å². The van der Waals surface area contributed by atoms with Gasteiger partial charge in [0.1, 0.15) is 18.8 Å². The van der Waals surface area contributed by atoms with E-state index < -0.39 is 18.0 Å². The number of aliphatic hydroxyl groups is 2. The molecule has 2 saturated heterocycles. The monoisotopic (exact) mass is 323 g/mol. The molecule has 3 atom stereocenters. The highest BCUT2D eigenvalue weighted by Crippen LogP contribution is 2.29. The highest BCUT2D eigenvalue weighted by atomic mass is 16.7. The van der Waals surface area contributed by atoms with Crippen molar-refractivity contribution < 1.29 is 29.2 Å². The van der Waals surface area contributed by atoms with Crippen molar-refractivity contribution in [2.24, 2.45) is 0 Å². The van der Waals surface area contributed by atoms with Crippen LogP contribution in [-0.4, -0.2) is 78.5 Å². The second-order valence-electron chi connectivity index (χ2n) is 5.82. The molecule has 1 aromatic rings. The van der Waals surface area contributed by atoms with Gasteiger partial charge in [-0.25, -0.2) is 0 Å². The van der Waals surface area contributed by atoms with Crippen LogP contribution < -0.4 is 0 Å². The van der Waals surface area contributed by atoms with E-state index in [-0.39, 0.29) is 45.4 Å². The molecule has 1 amide bonds. The molecule has 0 aliphatic carbocycles. The van der Waals surface area contributed by atoms with Crippen LogP contribution in [0.4, 0.5) is 0 Å². The van der Waals surface area contributed by atoms with Crippen molar-refractivity contribution in [3.63, 3.8) is 0 Å². The van der Waals surface area contributed by atoms with Gasteiger partial charge in [0.2, 0.25) is 5.79 Å². The first-order chi connectivity index (χ1) is 11.2. The highest BCUT2D eigenvalue weighted by molar-refractivity contribution is 5.94. The fraction of sp³-hybridized carbons (Fsp3) is 0.562. The highest BCUT2D eigenvalue weighted by Gasteiger charge is 2.47. The molecule has 0 bridgehead atoms. The molecule has 3 rings (SSSR count). The van der Waals surface area contributed by atoms with Gasteiger partial charge in [0.05, 0.1) is 26.4 Å². The molecule has 7 nitrogen and oxygen atoms in total. The summed E-state index contributed by atoms with van der Waals surface area (Å²) in [6.07, 6.45) is -1.06. The minimum atomic E-state index is -1.15. The number of nitrogens with zero attached hydrogens (tertiary/aromatic N) is 1. The normalized spacial score (nSPS) is 31.3. The summed E-state index contributed by atoms with van der Waals surface area (Å²) in [5.74, 6) is -1.30. The molecule has 0 aromatic heterocycles. The molecule has 2 N–H and O–H groups in total. The summed E-state index contributed by atoms with van der Waals surface area (Å²) in [6.45, 7) is 0.471. The topological polar surface area (TPSA) is 88.5 Å². The molecular formula is C16H21NO6. The van der Waals surface area contributed by atoms with E-state index >= 15 is 0 Å². The van der Waals surface area contributed by atoms with E-state index in [0.29, 0.717) is 5.56 Å². The summed E-state index contributed by atoms with van der Waals surface area (Å²) in [5.41, 5.74) is 0.566. The first kappa shape index (κ1) is 16.4. The van der Waals surface area contributed by atoms with Gasteiger partial charge < -0.3 is 29.3 Å². The largest absolute Gasteiger partial charge is 0.394 e. The molecule has 2 aliphatic heterocycles. The van der Waals surface area contributed by atoms with Crippen molar-refractivity contribution >= 4 is 5.91 Å². The van der Waals surface area contributed by atoms with Gasteiger partial charge >= 0.3 is 0 Å². The van der Waals surface area contributed by atoms with E-state index in [1.807, 2.05) is 6.07 Å². The lowest BCUT2D eigenvalue weighted by Gasteiger charge is -2.48. The number of hydrogen-bond donors (Lipinski definition) is 2. The summed E-state index contributed by atoms with van der Waals surface area (Å²) in [6, 6.07) is 8.93. The zero-order valence-electron chi connectivity index (χ0n) is 12.8. The fourth-order valence-electron chi connectivity index (χ4n) is 2.94. The number of amides is 1. The number of carbonyl (C=O) groups excluding carboxylic acids is 1. The standard InChI is InChI=1S/C16H21NO6/c18-7-13-6-17(15(20)12-4-2-1-3-5-12)10-16(22-13)11-21-9-14(8-19)23-16/h1-5,13-14,18-19H,6-11H2/t13-,14-,16+/m1/s1. The predicted octanol–water partition coefficient (Wildman–Crippen LogP) is -0.376. The number of rotatable bonds is 3. The Hall–Kier alpha value is -1.51. The van der Waals surface area contributed by atoms with E-state index in [4.69, 9.17) is 14.2 Å². The number of carbonyl (C=O) groups is 1. The van der Waals surface area contributed by atoms with Crippen molar-refractivity contribution in [2.75, 3.05) is 39.5 Å². The van der Waals surface area contributed by atoms with E-state index in [1.54, 1.807) is 29.2 Å². The zero-order chi connectivity index (χ0) is 16.3. The van der Waals surface area contributed by atoms with Gasteiger partial charge in [-0.15, -0.1) is 0 Å². The number of aliphatic hydroxyl groups excluding tert-OH is 2. The zero-order valence-corrected chi connectivity index (χ0v) is 12.8. The lowest BCUT2D eigenvalue weighted by Crippen LogP contribution is -2.64. The van der Waals surface area contributed by atoms with Crippen LogP contribution in [0.3, 0.4) is 0 Å². The Morgan fingerprint density at radius 1 is 1.17 bits per heavy atom. The van der Waals surface area contributed by atoms with Crippen molar-refractivity contribution in [2.45, 2.75) is 18.0 Å². The Kier molecular flexibility index (Phi) is 4.93. The van der Waals surface area contributed by atoms with Gasteiger partial charge in [0.15, 0.2) is 0 Å². The average molecular weight is 323 g/mol. The molecule has 0 unspecified atom stereocenters. The molecule has 2 heterocycles. The van der Waals surface area contributed by atoms with Crippen molar-refractivity contribution in [1.82, 2.24) is 4.90 Å². The van der Waals surface area contributed by atoms with E-state index in [1.165, 1.54) is 0 Å². The molecule has 23 heavy (non-hydrogen) atoms. The van der Waals surface area contributed by atoms with Crippen LogP contribution in [0.5, 0.6) is 0 Å². The molecule has 126 valence electrons. The maximum atomic E-state index is 12.7. The van der Waals surface area contributed by atoms with Crippen LogP contribution in [0.1, 0.15) is 10.4 Å². The van der Waals surface area contributed by atoms with Crippen LogP contribution in [0.15, 0.2) is 30.3 Å². The lowest BCUT2D eigenvalue weighted by molar-refractivity contribution is -0.353. The van der Waals surface area contributed by atoms with Crippen LogP contribution in [0.25, 0.3) is 0 Å². The van der Waals surface area contributed by atoms with Crippen LogP contribution in [0, 0.1) is 0 Å². The molecule has 1 spiro atoms. The van der Waals surface area contributed by atoms with Gasteiger partial charge in [-0.05, 0) is 12.1 Å². The smallest absolute Gasteiger partial charge is 0.254 e. The van der Waals surface area contributed by atoms with Crippen LogP contribution in [-0.2, 0) is 14.2 Å². The van der Waals surface area contributed by atoms with Crippen molar-refractivity contribution in [1.29, 1.82) is 0 Å². The maximum absolute atomic E-state index is 12.7. The number of ether oxygens (including phenoxy) is 3. The first-order valence-electron chi connectivity index (χ1n) is 7.65. The third-order valence-corrected chi connectivity index (χ3v) is 3.96. The molecule has 2 fully saturated rings. The van der Waals surface area contributed by atoms with Crippen molar-refractivity contribution in [3.05, 3.63) is 35.9 Å². The Morgan fingerprint density at radius 2 is 1.87 bits per heavy atom. The quantitative estimate of drug-likeness (QED) is 0.789. The molecule has 7 heteroatoms. The summed E-state index contributed by atoms with van der Waals surface area (Å²) in [4.78, 5) is 14.3. The minimum Gasteiger partial charge on any atom is -0.394 e. The molecule has 2 aliphatic rings. The number of benzene rings is 1. The average Bonchev–Trinajstić information content (AvgIpc) is 2.61. The van der Waals surface area contributed by atoms with Crippen LogP contribution >= 0.6 is 0 Å². The van der Waals surface area contributed by atoms with Gasteiger partial charge in [-0.2, -0.15) is 0 Å². The Labute approximate surface area is 134 Å². The minimum absolute atomic E-state index is 0.151. The predicted molar refractivity (Wildman–Crippen MR) is 79.8 cm³/mol. The Morgan fingerprint density at radius 3 is 2.57 bits per heavy atom. The third kappa shape index (κ3) is 3.54. The van der Waals surface area contributed by atoms with Gasteiger partial charge in [-0.3, -0.25) is 4.79 Å². The molecular weight excluding hydrogens is 302 g/mol. The maximum Gasteiger partial charge on any atom is 0.254 e. The van der Waals surface area contributed by atoms with Gasteiger partial charge in [0, 0.05) is 12.1 Å². The SMILES string of the molecule is O=C(c1ccccc1)N1C[C@H](CO)O[C@@]2(COC[C@@H](CO)O2)C1. The van der Waals surface area contributed by atoms with Gasteiger partial charge in [0.25, 0.3) is 5.91 Å². The first-order valence-corrected chi connectivity index (χ1v) is 7.65. The van der Waals surface area contributed by atoms with Crippen LogP contribution in [0.2, 0.25) is 0 Å². The Bertz CT molecular complexity index is 535. The van der Waals surface area contributed by atoms with E-state index in [2.05, 4.69) is 0 Å². The Balaban J connectivity index is 1.80. The second kappa shape index (κ2) is 6.94. The summed E-state index contributed by atoms with van der Waals surface area (Å²) in [5, 5.41) is 18.8. The molecule has 1 aromatic carbocycles. The summed E-state index contributed by atoms with van der Waals surface area (Å²) < 4.78 is 17.1. The van der Waals surface area contributed by atoms with Gasteiger partial charge in [-0.1, -0.05) is 18.2 Å². The number of hydrogen-bond acceptors (Lipinski definition) is 6. The lowest BCUT2D eigenvalue weighted by atomic mass is 10.1. The second-order valence-corrected chi connectivity index (χ2v) is 5.82. The molecule has 0 saturated carbocycles. The third-order valence-electron chi connectivity index (χ3n) is 3.96. The van der Waals surface area contributed by atoms with E-state index in [9.17, 15) is 15.0 Å². The van der Waals surface area contributed by atoms with Crippen molar-refractivity contribution in [3.8, 4) is 0 Å².